The minimum absolute atomic E-state index is 0.209. The normalized spacial score (nSPS) is 13.8. The van der Waals surface area contributed by atoms with Crippen LogP contribution in [0.4, 0.5) is 0 Å². The van der Waals surface area contributed by atoms with Gasteiger partial charge in [-0.05, 0) is 61.4 Å². The molecular formula is C30H35N3O6. The Kier molecular flexibility index (Phi) is 8.59. The number of hydrogen-bond donors (Lipinski definition) is 3. The van der Waals surface area contributed by atoms with Crippen molar-refractivity contribution in [3.8, 4) is 34.3 Å². The highest BCUT2D eigenvalue weighted by Gasteiger charge is 2.32. The zero-order valence-corrected chi connectivity index (χ0v) is 22.6. The van der Waals surface area contributed by atoms with Gasteiger partial charge in [0.15, 0.2) is 0 Å². The molecule has 0 bridgehead atoms. The predicted molar refractivity (Wildman–Crippen MR) is 148 cm³/mol. The van der Waals surface area contributed by atoms with Crippen molar-refractivity contribution in [2.45, 2.75) is 44.9 Å². The molecule has 4 N–H and O–H groups in total. The molecule has 2 amide bonds. The van der Waals surface area contributed by atoms with Gasteiger partial charge in [-0.3, -0.25) is 9.59 Å². The largest absolute Gasteiger partial charge is 0.506 e. The van der Waals surface area contributed by atoms with Crippen LogP contribution in [0.25, 0.3) is 11.1 Å². The summed E-state index contributed by atoms with van der Waals surface area (Å²) in [6.45, 7) is 2.91. The summed E-state index contributed by atoms with van der Waals surface area (Å²) in [7, 11) is 3.04. The van der Waals surface area contributed by atoms with Crippen LogP contribution in [0.15, 0.2) is 42.5 Å². The van der Waals surface area contributed by atoms with Crippen molar-refractivity contribution in [3.05, 3.63) is 64.8 Å². The quantitative estimate of drug-likeness (QED) is 0.365. The fraction of sp³-hybridized carbons (Fsp3) is 0.367. The maximum atomic E-state index is 13.7. The summed E-state index contributed by atoms with van der Waals surface area (Å²) in [6.07, 6.45) is 3.53. The van der Waals surface area contributed by atoms with Gasteiger partial charge in [0, 0.05) is 18.7 Å². The van der Waals surface area contributed by atoms with Gasteiger partial charge in [-0.1, -0.05) is 31.5 Å². The molecule has 1 aliphatic heterocycles. The molecule has 2 aromatic carbocycles. The lowest BCUT2D eigenvalue weighted by molar-refractivity contribution is 0.0705. The zero-order chi connectivity index (χ0) is 28.1. The van der Waals surface area contributed by atoms with Crippen LogP contribution in [0.5, 0.6) is 23.1 Å². The lowest BCUT2D eigenvalue weighted by atomic mass is 9.88. The van der Waals surface area contributed by atoms with E-state index in [0.717, 1.165) is 18.4 Å². The number of piperidine rings is 1. The Hall–Kier alpha value is -4.27. The number of nitrogens with zero attached hydrogens (tertiary/aromatic N) is 2. The molecule has 1 aromatic heterocycles. The molecule has 206 valence electrons. The van der Waals surface area contributed by atoms with Crippen LogP contribution >= 0.6 is 0 Å². The highest BCUT2D eigenvalue weighted by Crippen LogP contribution is 2.47. The van der Waals surface area contributed by atoms with Crippen molar-refractivity contribution >= 4 is 11.8 Å². The molecule has 0 radical (unpaired) electrons. The number of nitrogens with two attached hydrogens (primary N) is 1. The van der Waals surface area contributed by atoms with Gasteiger partial charge < -0.3 is 30.3 Å². The van der Waals surface area contributed by atoms with Crippen LogP contribution in [0.1, 0.15) is 70.5 Å². The second-order valence-electron chi connectivity index (χ2n) is 9.67. The van der Waals surface area contributed by atoms with Gasteiger partial charge in [-0.15, -0.1) is 0 Å². The molecule has 39 heavy (non-hydrogen) atoms. The Morgan fingerprint density at radius 2 is 1.62 bits per heavy atom. The number of primary amides is 1. The molecule has 1 fully saturated rings. The molecule has 1 saturated heterocycles. The fourth-order valence-corrected chi connectivity index (χ4v) is 5.18. The van der Waals surface area contributed by atoms with E-state index in [0.29, 0.717) is 66.2 Å². The Bertz CT molecular complexity index is 1330. The highest BCUT2D eigenvalue weighted by molar-refractivity contribution is 6.02. The standard InChI is InChI=1S/C30H35N3O6/c1-4-5-7-21-24(25-22(38-2)8-6-9-23(25)39-3)27(34)26(29(36)32-21)30(37)33-16-14-19(15-17-33)18-10-12-20(13-11-18)28(31)35/h6,8-13,19H,4-5,7,14-17H2,1-3H3,(H2,31,35)(H2,32,34,36). The van der Waals surface area contributed by atoms with Crippen molar-refractivity contribution in [2.75, 3.05) is 27.3 Å². The fourth-order valence-electron chi connectivity index (χ4n) is 5.18. The predicted octanol–water partition coefficient (Wildman–Crippen LogP) is 4.64. The number of benzene rings is 2. The number of amides is 2. The number of rotatable bonds is 9. The molecule has 0 aliphatic carbocycles. The average Bonchev–Trinajstić information content (AvgIpc) is 2.95. The van der Waals surface area contributed by atoms with Crippen LogP contribution in [0.3, 0.4) is 0 Å². The number of carbonyl (C=O) groups excluding carboxylic acids is 2. The summed E-state index contributed by atoms with van der Waals surface area (Å²) in [6, 6.07) is 12.5. The van der Waals surface area contributed by atoms with Gasteiger partial charge in [0.25, 0.3) is 5.91 Å². The van der Waals surface area contributed by atoms with Crippen LogP contribution in [0.2, 0.25) is 0 Å². The van der Waals surface area contributed by atoms with Crippen LogP contribution in [0, 0.1) is 0 Å². The maximum absolute atomic E-state index is 13.7. The van der Waals surface area contributed by atoms with Crippen LogP contribution < -0.4 is 15.2 Å². The van der Waals surface area contributed by atoms with Gasteiger partial charge >= 0.3 is 0 Å². The molecular weight excluding hydrogens is 498 g/mol. The molecule has 2 heterocycles. The van der Waals surface area contributed by atoms with Crippen molar-refractivity contribution in [2.24, 2.45) is 5.73 Å². The number of pyridine rings is 1. The summed E-state index contributed by atoms with van der Waals surface area (Å²) in [5.74, 6) is -0.678. The lowest BCUT2D eigenvalue weighted by Crippen LogP contribution is -2.38. The van der Waals surface area contributed by atoms with E-state index in [1.165, 1.54) is 14.2 Å². The van der Waals surface area contributed by atoms with Crippen molar-refractivity contribution in [1.29, 1.82) is 0 Å². The first-order chi connectivity index (χ1) is 18.8. The first kappa shape index (κ1) is 27.8. The van der Waals surface area contributed by atoms with E-state index in [1.807, 2.05) is 19.1 Å². The molecule has 1 aliphatic rings. The van der Waals surface area contributed by atoms with E-state index < -0.39 is 17.7 Å². The van der Waals surface area contributed by atoms with Gasteiger partial charge in [-0.25, -0.2) is 4.98 Å². The third kappa shape index (κ3) is 5.62. The summed E-state index contributed by atoms with van der Waals surface area (Å²) in [4.78, 5) is 31.1. The number of hydrogen-bond acceptors (Lipinski definition) is 7. The molecule has 9 heteroatoms. The molecule has 0 unspecified atom stereocenters. The van der Waals surface area contributed by atoms with Crippen molar-refractivity contribution < 1.29 is 29.3 Å². The molecule has 4 rings (SSSR count). The Morgan fingerprint density at radius 1 is 1.00 bits per heavy atom. The number of ether oxygens (including phenoxy) is 2. The second-order valence-corrected chi connectivity index (χ2v) is 9.67. The highest BCUT2D eigenvalue weighted by atomic mass is 16.5. The number of aromatic hydroxyl groups is 2. The summed E-state index contributed by atoms with van der Waals surface area (Å²) < 4.78 is 11.2. The third-order valence-corrected chi connectivity index (χ3v) is 7.33. The third-order valence-electron chi connectivity index (χ3n) is 7.33. The number of carbonyl (C=O) groups is 2. The van der Waals surface area contributed by atoms with E-state index in [-0.39, 0.29) is 17.2 Å². The number of methoxy groups -OCH3 is 2. The first-order valence-electron chi connectivity index (χ1n) is 13.2. The van der Waals surface area contributed by atoms with E-state index in [9.17, 15) is 19.8 Å². The minimum Gasteiger partial charge on any atom is -0.506 e. The Labute approximate surface area is 228 Å². The van der Waals surface area contributed by atoms with E-state index in [4.69, 9.17) is 15.2 Å². The topological polar surface area (TPSA) is 135 Å². The molecule has 3 aromatic rings. The average molecular weight is 534 g/mol. The summed E-state index contributed by atoms with van der Waals surface area (Å²) in [5.41, 5.74) is 7.90. The number of aryl methyl sites for hydroxylation is 1. The monoisotopic (exact) mass is 533 g/mol. The molecule has 0 spiro atoms. The second kappa shape index (κ2) is 12.1. The van der Waals surface area contributed by atoms with Crippen LogP contribution in [-0.2, 0) is 6.42 Å². The molecule has 9 nitrogen and oxygen atoms in total. The summed E-state index contributed by atoms with van der Waals surface area (Å²) >= 11 is 0. The Balaban J connectivity index is 1.67. The smallest absolute Gasteiger partial charge is 0.263 e. The SMILES string of the molecule is CCCCc1nc(O)c(C(=O)N2CCC(c3ccc(C(N)=O)cc3)CC2)c(O)c1-c1c(OC)cccc1OC. The first-order valence-corrected chi connectivity index (χ1v) is 13.2. The summed E-state index contributed by atoms with van der Waals surface area (Å²) in [5, 5.41) is 22.4. The van der Waals surface area contributed by atoms with Crippen molar-refractivity contribution in [3.63, 3.8) is 0 Å². The maximum Gasteiger partial charge on any atom is 0.263 e. The lowest BCUT2D eigenvalue weighted by Gasteiger charge is -2.32. The number of likely N-dealkylation sites (tertiary alicyclic amines) is 1. The van der Waals surface area contributed by atoms with E-state index in [2.05, 4.69) is 4.98 Å². The van der Waals surface area contributed by atoms with E-state index >= 15 is 0 Å². The molecule has 0 saturated carbocycles. The Morgan fingerprint density at radius 3 is 2.15 bits per heavy atom. The van der Waals surface area contributed by atoms with Crippen molar-refractivity contribution in [1.82, 2.24) is 9.88 Å². The van der Waals surface area contributed by atoms with Gasteiger partial charge in [0.2, 0.25) is 11.8 Å². The van der Waals surface area contributed by atoms with Gasteiger partial charge in [0.1, 0.15) is 22.8 Å². The van der Waals surface area contributed by atoms with Gasteiger partial charge in [-0.2, -0.15) is 0 Å². The van der Waals surface area contributed by atoms with Crippen LogP contribution in [-0.4, -0.2) is 59.2 Å². The molecule has 0 atom stereocenters. The van der Waals surface area contributed by atoms with E-state index in [1.54, 1.807) is 35.2 Å². The number of aromatic nitrogens is 1. The minimum atomic E-state index is -0.495. The zero-order valence-electron chi connectivity index (χ0n) is 22.6. The number of unbranched alkanes of at least 4 members (excludes halogenated alkanes) is 1. The van der Waals surface area contributed by atoms with Gasteiger partial charge in [0.05, 0.1) is 31.0 Å².